The van der Waals surface area contributed by atoms with E-state index in [4.69, 9.17) is 14.0 Å². The topological polar surface area (TPSA) is 86.5 Å². The minimum atomic E-state index is -0.566. The molecule has 1 fully saturated rings. The Morgan fingerprint density at radius 2 is 2.03 bits per heavy atom. The fourth-order valence-corrected chi connectivity index (χ4v) is 3.67. The van der Waals surface area contributed by atoms with Gasteiger partial charge >= 0.3 is 0 Å². The number of amides is 1. The SMILES string of the molecule is COc1cc(/C=C/C(=O)NC2(c3noc(C)n3)CCCCC2)ccc1OCC(C)C. The Morgan fingerprint density at radius 1 is 1.27 bits per heavy atom. The first kappa shape index (κ1) is 21.9. The maximum absolute atomic E-state index is 12.7. The number of carbonyl (C=O) groups excluding carboxylic acids is 1. The molecule has 0 atom stereocenters. The van der Waals surface area contributed by atoms with E-state index in [0.29, 0.717) is 35.7 Å². The molecule has 7 heteroatoms. The standard InChI is InChI=1S/C23H31N3O4/c1-16(2)15-29-19-10-8-18(14-20(19)28-4)9-11-21(27)25-23(12-6-5-7-13-23)22-24-17(3)30-26-22/h8-11,14,16H,5-7,12-13,15H2,1-4H3,(H,25,27)/b11-9+. The predicted molar refractivity (Wildman–Crippen MR) is 114 cm³/mol. The van der Waals surface area contributed by atoms with Gasteiger partial charge in [-0.3, -0.25) is 4.79 Å². The number of aryl methyl sites for hydroxylation is 1. The molecular formula is C23H31N3O4. The van der Waals surface area contributed by atoms with Gasteiger partial charge in [0.15, 0.2) is 17.3 Å². The zero-order chi connectivity index (χ0) is 21.6. The number of nitrogens with zero attached hydrogens (tertiary/aromatic N) is 2. The van der Waals surface area contributed by atoms with E-state index < -0.39 is 5.54 Å². The maximum atomic E-state index is 12.7. The Kier molecular flexibility index (Phi) is 7.13. The fourth-order valence-electron chi connectivity index (χ4n) is 3.67. The van der Waals surface area contributed by atoms with Crippen LogP contribution in [0.25, 0.3) is 6.08 Å². The van der Waals surface area contributed by atoms with Crippen molar-refractivity contribution in [1.29, 1.82) is 0 Å². The van der Waals surface area contributed by atoms with Crippen LogP contribution in [0.3, 0.4) is 0 Å². The van der Waals surface area contributed by atoms with Crippen LogP contribution in [0.4, 0.5) is 0 Å². The lowest BCUT2D eigenvalue weighted by atomic mass is 9.81. The summed E-state index contributed by atoms with van der Waals surface area (Å²) in [6, 6.07) is 5.63. The lowest BCUT2D eigenvalue weighted by Crippen LogP contribution is -2.47. The molecule has 1 N–H and O–H groups in total. The quantitative estimate of drug-likeness (QED) is 0.645. The van der Waals surface area contributed by atoms with Gasteiger partial charge in [-0.05, 0) is 42.5 Å². The number of methoxy groups -OCH3 is 1. The molecule has 1 amide bonds. The molecule has 3 rings (SSSR count). The van der Waals surface area contributed by atoms with E-state index in [2.05, 4.69) is 29.3 Å². The predicted octanol–water partition coefficient (Wildman–Crippen LogP) is 4.41. The number of benzene rings is 1. The molecule has 0 unspecified atom stereocenters. The fraction of sp³-hybridized carbons (Fsp3) is 0.522. The summed E-state index contributed by atoms with van der Waals surface area (Å²) in [6.07, 6.45) is 8.10. The van der Waals surface area contributed by atoms with Gasteiger partial charge in [-0.1, -0.05) is 44.3 Å². The average molecular weight is 414 g/mol. The Hall–Kier alpha value is -2.83. The minimum Gasteiger partial charge on any atom is -0.493 e. The molecule has 0 spiro atoms. The summed E-state index contributed by atoms with van der Waals surface area (Å²) in [5.74, 6) is 2.65. The van der Waals surface area contributed by atoms with Crippen LogP contribution in [0.5, 0.6) is 11.5 Å². The molecule has 1 aromatic heterocycles. The van der Waals surface area contributed by atoms with E-state index in [1.165, 1.54) is 6.08 Å². The number of carbonyl (C=O) groups is 1. The molecule has 1 saturated carbocycles. The van der Waals surface area contributed by atoms with Gasteiger partial charge in [0, 0.05) is 13.0 Å². The largest absolute Gasteiger partial charge is 0.493 e. The van der Waals surface area contributed by atoms with Crippen molar-refractivity contribution >= 4 is 12.0 Å². The second kappa shape index (κ2) is 9.78. The van der Waals surface area contributed by atoms with E-state index in [1.807, 2.05) is 18.2 Å². The smallest absolute Gasteiger partial charge is 0.244 e. The van der Waals surface area contributed by atoms with Crippen molar-refractivity contribution in [1.82, 2.24) is 15.5 Å². The number of hydrogen-bond donors (Lipinski definition) is 1. The van der Waals surface area contributed by atoms with Crippen LogP contribution in [0.1, 0.15) is 63.2 Å². The summed E-state index contributed by atoms with van der Waals surface area (Å²) in [6.45, 7) is 6.57. The summed E-state index contributed by atoms with van der Waals surface area (Å²) in [5, 5.41) is 7.23. The highest BCUT2D eigenvalue weighted by atomic mass is 16.5. The van der Waals surface area contributed by atoms with Crippen molar-refractivity contribution < 1.29 is 18.8 Å². The van der Waals surface area contributed by atoms with Gasteiger partial charge in [-0.2, -0.15) is 4.98 Å². The van der Waals surface area contributed by atoms with E-state index in [9.17, 15) is 4.79 Å². The van der Waals surface area contributed by atoms with E-state index >= 15 is 0 Å². The van der Waals surface area contributed by atoms with Gasteiger partial charge in [-0.25, -0.2) is 0 Å². The third-order valence-electron chi connectivity index (χ3n) is 5.21. The molecule has 2 aromatic rings. The zero-order valence-electron chi connectivity index (χ0n) is 18.2. The highest BCUT2D eigenvalue weighted by molar-refractivity contribution is 5.92. The second-order valence-corrected chi connectivity index (χ2v) is 8.22. The van der Waals surface area contributed by atoms with Crippen molar-refractivity contribution in [3.05, 3.63) is 41.6 Å². The van der Waals surface area contributed by atoms with Gasteiger partial charge in [0.05, 0.1) is 13.7 Å². The average Bonchev–Trinajstić information content (AvgIpc) is 3.18. The van der Waals surface area contributed by atoms with E-state index in [-0.39, 0.29) is 5.91 Å². The molecule has 1 aliphatic rings. The molecular weight excluding hydrogens is 382 g/mol. The van der Waals surface area contributed by atoms with Crippen LogP contribution < -0.4 is 14.8 Å². The monoisotopic (exact) mass is 413 g/mol. The van der Waals surface area contributed by atoms with E-state index in [1.54, 1.807) is 20.1 Å². The van der Waals surface area contributed by atoms with Gasteiger partial charge in [-0.15, -0.1) is 0 Å². The molecule has 1 aromatic carbocycles. The van der Waals surface area contributed by atoms with Crippen molar-refractivity contribution in [2.45, 2.75) is 58.4 Å². The van der Waals surface area contributed by atoms with E-state index in [0.717, 1.165) is 37.7 Å². The Morgan fingerprint density at radius 3 is 2.67 bits per heavy atom. The lowest BCUT2D eigenvalue weighted by Gasteiger charge is -2.34. The highest BCUT2D eigenvalue weighted by Crippen LogP contribution is 2.35. The summed E-state index contributed by atoms with van der Waals surface area (Å²) in [7, 11) is 1.61. The molecule has 0 saturated heterocycles. The van der Waals surface area contributed by atoms with Crippen molar-refractivity contribution in [3.63, 3.8) is 0 Å². The lowest BCUT2D eigenvalue weighted by molar-refractivity contribution is -0.119. The number of ether oxygens (including phenoxy) is 2. The molecule has 0 bridgehead atoms. The van der Waals surface area contributed by atoms with Crippen molar-refractivity contribution in [2.75, 3.05) is 13.7 Å². The zero-order valence-corrected chi connectivity index (χ0v) is 18.2. The second-order valence-electron chi connectivity index (χ2n) is 8.22. The van der Waals surface area contributed by atoms with Gasteiger partial charge in [0.25, 0.3) is 0 Å². The third kappa shape index (κ3) is 5.40. The highest BCUT2D eigenvalue weighted by Gasteiger charge is 2.39. The molecule has 0 radical (unpaired) electrons. The Balaban J connectivity index is 1.71. The van der Waals surface area contributed by atoms with Crippen molar-refractivity contribution in [3.8, 4) is 11.5 Å². The number of aromatic nitrogens is 2. The summed E-state index contributed by atoms with van der Waals surface area (Å²) in [4.78, 5) is 17.1. The Bertz CT molecular complexity index is 882. The van der Waals surface area contributed by atoms with Crippen LogP contribution >= 0.6 is 0 Å². The number of hydrogen-bond acceptors (Lipinski definition) is 6. The Labute approximate surface area is 177 Å². The number of nitrogens with one attached hydrogen (secondary N) is 1. The molecule has 30 heavy (non-hydrogen) atoms. The summed E-state index contributed by atoms with van der Waals surface area (Å²) < 4.78 is 16.4. The maximum Gasteiger partial charge on any atom is 0.244 e. The van der Waals surface area contributed by atoms with Crippen LogP contribution in [-0.4, -0.2) is 29.8 Å². The summed E-state index contributed by atoms with van der Waals surface area (Å²) >= 11 is 0. The first-order valence-corrected chi connectivity index (χ1v) is 10.5. The van der Waals surface area contributed by atoms with Crippen LogP contribution in [0.15, 0.2) is 28.8 Å². The molecule has 1 heterocycles. The third-order valence-corrected chi connectivity index (χ3v) is 5.21. The van der Waals surface area contributed by atoms with Gasteiger partial charge < -0.3 is 19.3 Å². The van der Waals surface area contributed by atoms with Crippen LogP contribution in [0.2, 0.25) is 0 Å². The van der Waals surface area contributed by atoms with Gasteiger partial charge in [0.2, 0.25) is 11.8 Å². The molecule has 1 aliphatic carbocycles. The molecule has 0 aliphatic heterocycles. The molecule has 7 nitrogen and oxygen atoms in total. The van der Waals surface area contributed by atoms with Crippen molar-refractivity contribution in [2.24, 2.45) is 5.92 Å². The first-order valence-electron chi connectivity index (χ1n) is 10.5. The molecule has 162 valence electrons. The minimum absolute atomic E-state index is 0.182. The summed E-state index contributed by atoms with van der Waals surface area (Å²) in [5.41, 5.74) is 0.288. The van der Waals surface area contributed by atoms with Gasteiger partial charge in [0.1, 0.15) is 5.54 Å². The first-order chi connectivity index (χ1) is 14.4. The normalized spacial score (nSPS) is 16.0. The van der Waals surface area contributed by atoms with Crippen LogP contribution in [0, 0.1) is 12.8 Å². The van der Waals surface area contributed by atoms with Crippen LogP contribution in [-0.2, 0) is 10.3 Å². The number of rotatable bonds is 8.